The van der Waals surface area contributed by atoms with Crippen LogP contribution >= 0.6 is 0 Å². The zero-order chi connectivity index (χ0) is 12.6. The largest absolute Gasteiger partial charge is 0.419 e. The van der Waals surface area contributed by atoms with Gasteiger partial charge in [-0.1, -0.05) is 6.07 Å². The van der Waals surface area contributed by atoms with Crippen LogP contribution < -0.4 is 11.6 Å². The second kappa shape index (κ2) is 4.06. The minimum atomic E-state index is -0.417. The third-order valence-electron chi connectivity index (χ3n) is 2.60. The fraction of sp³-hybridized carbons (Fsp3) is 0.273. The first kappa shape index (κ1) is 11.4. The van der Waals surface area contributed by atoms with E-state index in [0.717, 1.165) is 10.6 Å². The van der Waals surface area contributed by atoms with Crippen LogP contribution in [0.1, 0.15) is 5.56 Å². The van der Waals surface area contributed by atoms with Crippen LogP contribution in [0.2, 0.25) is 0 Å². The molecule has 6 nitrogen and oxygen atoms in total. The molecular formula is C11H13N3O3. The molecule has 2 rings (SSSR count). The molecule has 17 heavy (non-hydrogen) atoms. The Morgan fingerprint density at radius 1 is 1.53 bits per heavy atom. The molecule has 1 heterocycles. The number of nitrogens with two attached hydrogens (primary N) is 1. The van der Waals surface area contributed by atoms with E-state index < -0.39 is 5.76 Å². The van der Waals surface area contributed by atoms with Gasteiger partial charge in [0, 0.05) is 14.1 Å². The van der Waals surface area contributed by atoms with E-state index >= 15 is 0 Å². The van der Waals surface area contributed by atoms with Gasteiger partial charge in [-0.3, -0.25) is 14.4 Å². The van der Waals surface area contributed by atoms with Gasteiger partial charge in [-0.05, 0) is 17.7 Å². The normalized spacial score (nSPS) is 10.8. The summed E-state index contributed by atoms with van der Waals surface area (Å²) >= 11 is 0. The molecular weight excluding hydrogens is 222 g/mol. The van der Waals surface area contributed by atoms with Crippen LogP contribution in [0, 0.1) is 0 Å². The third-order valence-corrected chi connectivity index (χ3v) is 2.60. The number of carbonyl (C=O) groups excluding carboxylic acids is 1. The van der Waals surface area contributed by atoms with Gasteiger partial charge in [0.2, 0.25) is 5.91 Å². The van der Waals surface area contributed by atoms with Crippen molar-refractivity contribution in [2.45, 2.75) is 6.42 Å². The van der Waals surface area contributed by atoms with Gasteiger partial charge in [0.1, 0.15) is 0 Å². The topological polar surface area (TPSA) is 81.5 Å². The van der Waals surface area contributed by atoms with Crippen molar-refractivity contribution in [3.63, 3.8) is 0 Å². The maximum atomic E-state index is 11.4. The summed E-state index contributed by atoms with van der Waals surface area (Å²) in [6, 6.07) is 5.17. The molecule has 1 aromatic heterocycles. The quantitative estimate of drug-likeness (QED) is 0.451. The van der Waals surface area contributed by atoms with E-state index in [1.165, 1.54) is 11.6 Å². The Hall–Kier alpha value is -2.08. The lowest BCUT2D eigenvalue weighted by molar-refractivity contribution is -0.129. The maximum Gasteiger partial charge on any atom is 0.419 e. The number of hydrogen-bond donors (Lipinski definition) is 1. The van der Waals surface area contributed by atoms with Crippen molar-refractivity contribution in [3.8, 4) is 0 Å². The molecule has 0 fully saturated rings. The SMILES string of the molecule is CN(N)C(=O)Cc1ccc2oc(=O)n(C)c2c1. The maximum absolute atomic E-state index is 11.4. The lowest BCUT2D eigenvalue weighted by Gasteiger charge is -2.09. The summed E-state index contributed by atoms with van der Waals surface area (Å²) in [5.41, 5.74) is 1.96. The molecule has 0 bridgehead atoms. The highest BCUT2D eigenvalue weighted by Crippen LogP contribution is 2.14. The average molecular weight is 235 g/mol. The number of carbonyl (C=O) groups is 1. The zero-order valence-electron chi connectivity index (χ0n) is 9.64. The van der Waals surface area contributed by atoms with Crippen molar-refractivity contribution in [3.05, 3.63) is 34.3 Å². The van der Waals surface area contributed by atoms with Crippen molar-refractivity contribution in [1.82, 2.24) is 9.58 Å². The number of aromatic nitrogens is 1. The molecule has 2 aromatic rings. The summed E-state index contributed by atoms with van der Waals surface area (Å²) < 4.78 is 6.39. The zero-order valence-corrected chi connectivity index (χ0v) is 9.64. The second-order valence-electron chi connectivity index (χ2n) is 3.91. The van der Waals surface area contributed by atoms with Crippen molar-refractivity contribution < 1.29 is 9.21 Å². The predicted molar refractivity (Wildman–Crippen MR) is 62.1 cm³/mol. The van der Waals surface area contributed by atoms with Crippen molar-refractivity contribution in [2.24, 2.45) is 12.9 Å². The van der Waals surface area contributed by atoms with Crippen LogP contribution in [0.25, 0.3) is 11.1 Å². The Morgan fingerprint density at radius 2 is 2.24 bits per heavy atom. The molecule has 0 saturated heterocycles. The van der Waals surface area contributed by atoms with E-state index in [1.807, 2.05) is 0 Å². The van der Waals surface area contributed by atoms with Gasteiger partial charge in [-0.2, -0.15) is 0 Å². The number of fused-ring (bicyclic) bond motifs is 1. The Morgan fingerprint density at radius 3 is 2.88 bits per heavy atom. The summed E-state index contributed by atoms with van der Waals surface area (Å²) in [6.07, 6.45) is 0.197. The molecule has 0 radical (unpaired) electrons. The molecule has 0 saturated carbocycles. The monoisotopic (exact) mass is 235 g/mol. The summed E-state index contributed by atoms with van der Waals surface area (Å²) in [4.78, 5) is 22.7. The number of rotatable bonds is 2. The average Bonchev–Trinajstić information content (AvgIpc) is 2.55. The number of oxazole rings is 1. The third kappa shape index (κ3) is 2.07. The standard InChI is InChI=1S/C11H13N3O3/c1-13-8-5-7(6-10(15)14(2)12)3-4-9(8)17-11(13)16/h3-5H,6,12H2,1-2H3. The van der Waals surface area contributed by atoms with Gasteiger partial charge >= 0.3 is 5.76 Å². The van der Waals surface area contributed by atoms with Gasteiger partial charge in [-0.25, -0.2) is 10.6 Å². The fourth-order valence-electron chi connectivity index (χ4n) is 1.58. The number of benzene rings is 1. The summed E-state index contributed by atoms with van der Waals surface area (Å²) in [6.45, 7) is 0. The number of hydrogen-bond acceptors (Lipinski definition) is 4. The van der Waals surface area contributed by atoms with Crippen LogP contribution in [0.15, 0.2) is 27.4 Å². The Balaban J connectivity index is 2.41. The van der Waals surface area contributed by atoms with Gasteiger partial charge < -0.3 is 4.42 Å². The number of hydrazine groups is 1. The molecule has 0 aliphatic carbocycles. The minimum absolute atomic E-state index is 0.196. The molecule has 0 unspecified atom stereocenters. The van der Waals surface area contributed by atoms with Crippen LogP contribution in [0.5, 0.6) is 0 Å². The summed E-state index contributed by atoms with van der Waals surface area (Å²) in [5, 5.41) is 1.04. The molecule has 2 N–H and O–H groups in total. The molecule has 1 aromatic carbocycles. The molecule has 90 valence electrons. The van der Waals surface area contributed by atoms with Crippen LogP contribution in [-0.2, 0) is 18.3 Å². The van der Waals surface area contributed by atoms with Gasteiger partial charge in [0.25, 0.3) is 0 Å². The highest BCUT2D eigenvalue weighted by Gasteiger charge is 2.10. The van der Waals surface area contributed by atoms with Crippen molar-refractivity contribution in [2.75, 3.05) is 7.05 Å². The second-order valence-corrected chi connectivity index (χ2v) is 3.91. The summed E-state index contributed by atoms with van der Waals surface area (Å²) in [5.74, 6) is 4.73. The Bertz CT molecular complexity index is 624. The number of amides is 1. The number of likely N-dealkylation sites (N-methyl/N-ethyl adjacent to an activating group) is 1. The Kier molecular flexibility index (Phi) is 2.72. The first-order valence-corrected chi connectivity index (χ1v) is 5.09. The summed E-state index contributed by atoms with van der Waals surface area (Å²) in [7, 11) is 3.11. The lowest BCUT2D eigenvalue weighted by Crippen LogP contribution is -2.34. The van der Waals surface area contributed by atoms with E-state index in [1.54, 1.807) is 25.2 Å². The molecule has 0 atom stereocenters. The molecule has 0 aliphatic heterocycles. The van der Waals surface area contributed by atoms with E-state index in [-0.39, 0.29) is 12.3 Å². The number of nitrogens with zero attached hydrogens (tertiary/aromatic N) is 2. The molecule has 0 aliphatic rings. The smallest absolute Gasteiger partial charge is 0.408 e. The molecule has 1 amide bonds. The highest BCUT2D eigenvalue weighted by atomic mass is 16.4. The first-order chi connectivity index (χ1) is 7.99. The number of aryl methyl sites for hydroxylation is 1. The van der Waals surface area contributed by atoms with Crippen LogP contribution in [0.4, 0.5) is 0 Å². The van der Waals surface area contributed by atoms with Crippen molar-refractivity contribution in [1.29, 1.82) is 0 Å². The fourth-order valence-corrected chi connectivity index (χ4v) is 1.58. The minimum Gasteiger partial charge on any atom is -0.408 e. The highest BCUT2D eigenvalue weighted by molar-refractivity contribution is 5.80. The van der Waals surface area contributed by atoms with E-state index in [0.29, 0.717) is 11.1 Å². The lowest BCUT2D eigenvalue weighted by atomic mass is 10.1. The predicted octanol–water partition coefficient (Wildman–Crippen LogP) is 0.00610. The van der Waals surface area contributed by atoms with Crippen LogP contribution in [-0.4, -0.2) is 22.5 Å². The van der Waals surface area contributed by atoms with Crippen molar-refractivity contribution >= 4 is 17.0 Å². The van der Waals surface area contributed by atoms with Crippen LogP contribution in [0.3, 0.4) is 0 Å². The van der Waals surface area contributed by atoms with E-state index in [2.05, 4.69) is 0 Å². The van der Waals surface area contributed by atoms with E-state index in [9.17, 15) is 9.59 Å². The Labute approximate surface area is 97.2 Å². The van der Waals surface area contributed by atoms with Gasteiger partial charge in [0.15, 0.2) is 5.58 Å². The first-order valence-electron chi connectivity index (χ1n) is 5.09. The van der Waals surface area contributed by atoms with Gasteiger partial charge in [0.05, 0.1) is 11.9 Å². The van der Waals surface area contributed by atoms with E-state index in [4.69, 9.17) is 10.3 Å². The molecule has 6 heteroatoms. The molecule has 0 spiro atoms. The van der Waals surface area contributed by atoms with Gasteiger partial charge in [-0.15, -0.1) is 0 Å².